The van der Waals surface area contributed by atoms with Gasteiger partial charge in [-0.15, -0.1) is 0 Å². The molecule has 0 aliphatic heterocycles. The van der Waals surface area contributed by atoms with Gasteiger partial charge in [-0.3, -0.25) is 0 Å². The summed E-state index contributed by atoms with van der Waals surface area (Å²) in [6.07, 6.45) is 0.796. The zero-order valence-corrected chi connectivity index (χ0v) is 10.8. The first kappa shape index (κ1) is 14.1. The summed E-state index contributed by atoms with van der Waals surface area (Å²) in [7, 11) is 0. The van der Waals surface area contributed by atoms with Gasteiger partial charge in [-0.05, 0) is 18.4 Å². The van der Waals surface area contributed by atoms with Crippen molar-refractivity contribution in [3.05, 3.63) is 35.6 Å². The molecular formula is C14H22FNO. The fourth-order valence-corrected chi connectivity index (χ4v) is 1.90. The van der Waals surface area contributed by atoms with Gasteiger partial charge < -0.3 is 10.4 Å². The summed E-state index contributed by atoms with van der Waals surface area (Å²) >= 11 is 0. The highest BCUT2D eigenvalue weighted by atomic mass is 19.1. The van der Waals surface area contributed by atoms with Gasteiger partial charge in [0.15, 0.2) is 0 Å². The first-order valence-electron chi connectivity index (χ1n) is 6.21. The van der Waals surface area contributed by atoms with Gasteiger partial charge in [0.1, 0.15) is 5.82 Å². The van der Waals surface area contributed by atoms with E-state index in [0.717, 1.165) is 6.42 Å². The van der Waals surface area contributed by atoms with Crippen LogP contribution >= 0.6 is 0 Å². The van der Waals surface area contributed by atoms with Crippen LogP contribution in [0.4, 0.5) is 4.39 Å². The average molecular weight is 239 g/mol. The minimum Gasteiger partial charge on any atom is -0.395 e. The molecule has 0 aliphatic carbocycles. The normalized spacial score (nSPS) is 14.9. The van der Waals surface area contributed by atoms with Crippen LogP contribution in [0, 0.1) is 11.7 Å². The monoisotopic (exact) mass is 239 g/mol. The second-order valence-electron chi connectivity index (χ2n) is 4.68. The molecule has 2 nitrogen and oxygen atoms in total. The van der Waals surface area contributed by atoms with Crippen LogP contribution in [-0.4, -0.2) is 17.8 Å². The van der Waals surface area contributed by atoms with E-state index >= 15 is 0 Å². The molecular weight excluding hydrogens is 217 g/mol. The molecule has 3 heteroatoms. The molecule has 0 aromatic heterocycles. The summed E-state index contributed by atoms with van der Waals surface area (Å²) in [5.74, 6) is 0.133. The molecule has 1 rings (SSSR count). The maximum atomic E-state index is 13.7. The molecule has 17 heavy (non-hydrogen) atoms. The number of nitrogens with one attached hydrogen (secondary N) is 1. The Hall–Kier alpha value is -0.930. The van der Waals surface area contributed by atoms with E-state index in [1.54, 1.807) is 12.1 Å². The zero-order chi connectivity index (χ0) is 12.8. The van der Waals surface area contributed by atoms with Crippen LogP contribution in [0.2, 0.25) is 0 Å². The highest BCUT2D eigenvalue weighted by molar-refractivity contribution is 5.21. The van der Waals surface area contributed by atoms with Crippen LogP contribution in [-0.2, 0) is 0 Å². The fraction of sp³-hybridized carbons (Fsp3) is 0.571. The number of hydrogen-bond donors (Lipinski definition) is 2. The lowest BCUT2D eigenvalue weighted by Crippen LogP contribution is -2.39. The molecule has 0 amide bonds. The Balaban J connectivity index is 2.82. The number of aliphatic hydroxyl groups is 1. The molecule has 0 fully saturated rings. The molecule has 0 radical (unpaired) electrons. The topological polar surface area (TPSA) is 32.3 Å². The van der Waals surface area contributed by atoms with Crippen molar-refractivity contribution in [2.24, 2.45) is 5.92 Å². The second kappa shape index (κ2) is 6.72. The standard InChI is InChI=1S/C14H22FNO/c1-4-13(16-14(9-17)10(2)3)11-7-5-6-8-12(11)15/h5-8,10,13-14,16-17H,4,9H2,1-3H3/t13?,14-/m1/s1. The molecule has 2 atom stereocenters. The molecule has 0 bridgehead atoms. The Morgan fingerprint density at radius 2 is 1.94 bits per heavy atom. The Morgan fingerprint density at radius 3 is 2.41 bits per heavy atom. The summed E-state index contributed by atoms with van der Waals surface area (Å²) < 4.78 is 13.7. The molecule has 1 aromatic carbocycles. The number of aliphatic hydroxyl groups excluding tert-OH is 1. The largest absolute Gasteiger partial charge is 0.395 e. The van der Waals surface area contributed by atoms with Crippen molar-refractivity contribution in [3.63, 3.8) is 0 Å². The van der Waals surface area contributed by atoms with Gasteiger partial charge >= 0.3 is 0 Å². The van der Waals surface area contributed by atoms with E-state index in [2.05, 4.69) is 5.32 Å². The molecule has 2 N–H and O–H groups in total. The summed E-state index contributed by atoms with van der Waals surface area (Å²) in [5, 5.41) is 12.6. The van der Waals surface area contributed by atoms with Crippen LogP contribution in [0.25, 0.3) is 0 Å². The minimum absolute atomic E-state index is 0.000411. The van der Waals surface area contributed by atoms with Crippen LogP contribution in [0.5, 0.6) is 0 Å². The summed E-state index contributed by atoms with van der Waals surface area (Å²) in [6, 6.07) is 6.76. The minimum atomic E-state index is -0.188. The van der Waals surface area contributed by atoms with Crippen LogP contribution in [0.1, 0.15) is 38.8 Å². The smallest absolute Gasteiger partial charge is 0.127 e. The third-order valence-corrected chi connectivity index (χ3v) is 3.11. The first-order valence-corrected chi connectivity index (χ1v) is 6.21. The van der Waals surface area contributed by atoms with Gasteiger partial charge in [-0.1, -0.05) is 39.0 Å². The van der Waals surface area contributed by atoms with E-state index in [0.29, 0.717) is 11.5 Å². The molecule has 0 aliphatic rings. The third-order valence-electron chi connectivity index (χ3n) is 3.11. The predicted octanol–water partition coefficient (Wildman–Crippen LogP) is 2.88. The Kier molecular flexibility index (Phi) is 5.59. The Morgan fingerprint density at radius 1 is 1.29 bits per heavy atom. The van der Waals surface area contributed by atoms with Crippen molar-refractivity contribution in [2.45, 2.75) is 39.3 Å². The van der Waals surface area contributed by atoms with Crippen molar-refractivity contribution in [3.8, 4) is 0 Å². The van der Waals surface area contributed by atoms with E-state index in [-0.39, 0.29) is 24.5 Å². The van der Waals surface area contributed by atoms with Crippen molar-refractivity contribution < 1.29 is 9.50 Å². The molecule has 0 saturated carbocycles. The number of benzene rings is 1. The molecule has 1 unspecified atom stereocenters. The molecule has 0 saturated heterocycles. The maximum absolute atomic E-state index is 13.7. The van der Waals surface area contributed by atoms with E-state index in [4.69, 9.17) is 0 Å². The van der Waals surface area contributed by atoms with Crippen LogP contribution in [0.15, 0.2) is 24.3 Å². The average Bonchev–Trinajstić information content (AvgIpc) is 2.31. The number of hydrogen-bond acceptors (Lipinski definition) is 2. The van der Waals surface area contributed by atoms with E-state index in [9.17, 15) is 9.50 Å². The second-order valence-corrected chi connectivity index (χ2v) is 4.68. The van der Waals surface area contributed by atoms with Gasteiger partial charge in [0.05, 0.1) is 6.61 Å². The van der Waals surface area contributed by atoms with Crippen LogP contribution < -0.4 is 5.32 Å². The Labute approximate surface area is 103 Å². The SMILES string of the molecule is CCC(N[C@H](CO)C(C)C)c1ccccc1F. The van der Waals surface area contributed by atoms with Crippen molar-refractivity contribution in [1.82, 2.24) is 5.32 Å². The highest BCUT2D eigenvalue weighted by Gasteiger charge is 2.19. The van der Waals surface area contributed by atoms with Crippen molar-refractivity contribution in [2.75, 3.05) is 6.61 Å². The van der Waals surface area contributed by atoms with E-state index in [1.807, 2.05) is 26.8 Å². The fourth-order valence-electron chi connectivity index (χ4n) is 1.90. The van der Waals surface area contributed by atoms with Gasteiger partial charge in [0.25, 0.3) is 0 Å². The predicted molar refractivity (Wildman–Crippen MR) is 68.3 cm³/mol. The number of rotatable bonds is 6. The van der Waals surface area contributed by atoms with Crippen molar-refractivity contribution in [1.29, 1.82) is 0 Å². The quantitative estimate of drug-likeness (QED) is 0.800. The third kappa shape index (κ3) is 3.79. The summed E-state index contributed by atoms with van der Waals surface area (Å²) in [5.41, 5.74) is 0.675. The lowest BCUT2D eigenvalue weighted by Gasteiger charge is -2.27. The van der Waals surface area contributed by atoms with Gasteiger partial charge in [0, 0.05) is 17.6 Å². The molecule has 1 aromatic rings. The lowest BCUT2D eigenvalue weighted by molar-refractivity contribution is 0.197. The molecule has 96 valence electrons. The highest BCUT2D eigenvalue weighted by Crippen LogP contribution is 2.21. The first-order chi connectivity index (χ1) is 8.10. The Bertz CT molecular complexity index is 341. The van der Waals surface area contributed by atoms with Gasteiger partial charge in [-0.2, -0.15) is 0 Å². The summed E-state index contributed by atoms with van der Waals surface area (Å²) in [6.45, 7) is 6.17. The number of halogens is 1. The molecule has 0 heterocycles. The van der Waals surface area contributed by atoms with Crippen LogP contribution in [0.3, 0.4) is 0 Å². The lowest BCUT2D eigenvalue weighted by atomic mass is 9.99. The molecule has 0 spiro atoms. The van der Waals surface area contributed by atoms with Gasteiger partial charge in [-0.25, -0.2) is 4.39 Å². The van der Waals surface area contributed by atoms with E-state index < -0.39 is 0 Å². The maximum Gasteiger partial charge on any atom is 0.127 e. The van der Waals surface area contributed by atoms with Gasteiger partial charge in [0.2, 0.25) is 0 Å². The summed E-state index contributed by atoms with van der Waals surface area (Å²) in [4.78, 5) is 0. The van der Waals surface area contributed by atoms with Crippen molar-refractivity contribution >= 4 is 0 Å². The van der Waals surface area contributed by atoms with E-state index in [1.165, 1.54) is 6.07 Å². The zero-order valence-electron chi connectivity index (χ0n) is 10.8.